The maximum Gasteiger partial charge on any atom is 0.322 e. The molecule has 11 nitrogen and oxygen atoms in total. The molecule has 2 aromatic carbocycles. The second-order valence-corrected chi connectivity index (χ2v) is 13.0. The van der Waals surface area contributed by atoms with Crippen molar-refractivity contribution in [3.05, 3.63) is 65.7 Å². The molecule has 46 heavy (non-hydrogen) atoms. The van der Waals surface area contributed by atoms with Gasteiger partial charge in [-0.2, -0.15) is 0 Å². The van der Waals surface area contributed by atoms with E-state index < -0.39 is 12.1 Å². The molecule has 6 amide bonds. The Morgan fingerprint density at radius 1 is 0.783 bits per heavy atom. The Hall–Kier alpha value is -4.12. The zero-order valence-corrected chi connectivity index (χ0v) is 26.7. The van der Waals surface area contributed by atoms with E-state index in [2.05, 4.69) is 20.9 Å². The molecule has 4 heterocycles. The minimum atomic E-state index is -0.947. The predicted octanol–water partition coefficient (Wildman–Crippen LogP) is 3.76. The van der Waals surface area contributed by atoms with Crippen molar-refractivity contribution >= 4 is 29.6 Å². The van der Waals surface area contributed by atoms with E-state index in [1.54, 1.807) is 4.90 Å². The van der Waals surface area contributed by atoms with Crippen LogP contribution in [-0.2, 0) is 22.7 Å². The number of anilines is 1. The van der Waals surface area contributed by atoms with Crippen molar-refractivity contribution in [1.29, 1.82) is 0 Å². The van der Waals surface area contributed by atoms with Gasteiger partial charge in [0.15, 0.2) is 0 Å². The summed E-state index contributed by atoms with van der Waals surface area (Å²) in [6.07, 6.45) is 6.82. The van der Waals surface area contributed by atoms with Crippen molar-refractivity contribution < 1.29 is 19.2 Å². The van der Waals surface area contributed by atoms with Gasteiger partial charge in [-0.05, 0) is 68.8 Å². The number of fused-ring (bicyclic) bond motifs is 1. The molecule has 1 atom stereocenters. The highest BCUT2D eigenvalue weighted by molar-refractivity contribution is 5.93. The third kappa shape index (κ3) is 7.81. The molecule has 4 aliphatic heterocycles. The number of carbonyl (C=O) groups excluding carboxylic acids is 4. The summed E-state index contributed by atoms with van der Waals surface area (Å²) in [6, 6.07) is 16.4. The maximum absolute atomic E-state index is 13.9. The highest BCUT2D eigenvalue weighted by Gasteiger charge is 2.36. The molecule has 246 valence electrons. The Balaban J connectivity index is 1.05. The number of carbonyl (C=O) groups is 4. The highest BCUT2D eigenvalue weighted by atomic mass is 16.2. The van der Waals surface area contributed by atoms with Gasteiger partial charge in [0, 0.05) is 57.0 Å². The number of para-hydroxylation sites is 1. The number of benzene rings is 2. The van der Waals surface area contributed by atoms with Gasteiger partial charge in [-0.25, -0.2) is 9.59 Å². The lowest BCUT2D eigenvalue weighted by Crippen LogP contribution is -2.56. The number of nitrogens with zero attached hydrogens (tertiary/aromatic N) is 4. The van der Waals surface area contributed by atoms with Gasteiger partial charge in [0.25, 0.3) is 0 Å². The first-order chi connectivity index (χ1) is 22.4. The topological polar surface area (TPSA) is 117 Å². The molecule has 6 rings (SSSR count). The summed E-state index contributed by atoms with van der Waals surface area (Å²) in [5, 5.41) is 8.68. The second-order valence-electron chi connectivity index (χ2n) is 13.0. The molecule has 0 aliphatic carbocycles. The molecule has 3 saturated heterocycles. The third-order valence-electron chi connectivity index (χ3n) is 10.1. The molecule has 0 radical (unpaired) electrons. The van der Waals surface area contributed by atoms with E-state index >= 15 is 0 Å². The largest absolute Gasteiger partial charge is 0.342 e. The Morgan fingerprint density at radius 2 is 1.43 bits per heavy atom. The van der Waals surface area contributed by atoms with Crippen LogP contribution in [0.2, 0.25) is 0 Å². The fourth-order valence-corrected chi connectivity index (χ4v) is 7.39. The summed E-state index contributed by atoms with van der Waals surface area (Å²) in [5.74, 6) is -0.351. The van der Waals surface area contributed by atoms with Gasteiger partial charge >= 0.3 is 12.1 Å². The number of rotatable bonds is 8. The average molecular weight is 630 g/mol. The molecule has 0 bridgehead atoms. The molecule has 0 unspecified atom stereocenters. The summed E-state index contributed by atoms with van der Waals surface area (Å²) in [4.78, 5) is 61.3. The van der Waals surface area contributed by atoms with Crippen molar-refractivity contribution in [3.63, 3.8) is 0 Å². The monoisotopic (exact) mass is 629 g/mol. The zero-order chi connectivity index (χ0) is 31.9. The van der Waals surface area contributed by atoms with Crippen LogP contribution in [0, 0.1) is 0 Å². The Kier molecular flexibility index (Phi) is 10.4. The van der Waals surface area contributed by atoms with Crippen LogP contribution in [0.15, 0.2) is 54.6 Å². The normalized spacial score (nSPS) is 20.4. The minimum absolute atomic E-state index is 0.0259. The van der Waals surface area contributed by atoms with Crippen molar-refractivity contribution in [3.8, 4) is 0 Å². The quantitative estimate of drug-likeness (QED) is 0.411. The van der Waals surface area contributed by atoms with E-state index in [-0.39, 0.29) is 30.3 Å². The fraction of sp³-hybridized carbons (Fsp3) is 0.543. The predicted molar refractivity (Wildman–Crippen MR) is 176 cm³/mol. The molecule has 3 N–H and O–H groups in total. The van der Waals surface area contributed by atoms with Crippen molar-refractivity contribution in [2.24, 2.45) is 0 Å². The van der Waals surface area contributed by atoms with Gasteiger partial charge in [-0.1, -0.05) is 55.0 Å². The van der Waals surface area contributed by atoms with Crippen LogP contribution >= 0.6 is 0 Å². The second kappa shape index (κ2) is 15.0. The fourth-order valence-electron chi connectivity index (χ4n) is 7.39. The molecular weight excluding hydrogens is 582 g/mol. The van der Waals surface area contributed by atoms with E-state index in [1.807, 2.05) is 64.4 Å². The first-order valence-corrected chi connectivity index (χ1v) is 17.0. The zero-order valence-electron chi connectivity index (χ0n) is 26.7. The van der Waals surface area contributed by atoms with E-state index in [0.29, 0.717) is 58.2 Å². The van der Waals surface area contributed by atoms with Gasteiger partial charge in [-0.3, -0.25) is 9.59 Å². The number of nitrogens with one attached hydrogen (secondary N) is 3. The lowest BCUT2D eigenvalue weighted by Gasteiger charge is -2.41. The van der Waals surface area contributed by atoms with Crippen LogP contribution in [0.1, 0.15) is 62.5 Å². The van der Waals surface area contributed by atoms with Crippen LogP contribution < -0.4 is 16.0 Å². The molecule has 0 saturated carbocycles. The van der Waals surface area contributed by atoms with Crippen LogP contribution in [0.4, 0.5) is 15.3 Å². The van der Waals surface area contributed by atoms with Gasteiger partial charge in [0.1, 0.15) is 6.04 Å². The number of likely N-dealkylation sites (tertiary alicyclic amines) is 3. The summed E-state index contributed by atoms with van der Waals surface area (Å²) < 4.78 is 0. The van der Waals surface area contributed by atoms with E-state index in [9.17, 15) is 19.2 Å². The van der Waals surface area contributed by atoms with Crippen molar-refractivity contribution in [1.82, 2.24) is 30.2 Å². The molecule has 2 aromatic rings. The molecule has 3 fully saturated rings. The number of hydrogen-bond acceptors (Lipinski definition) is 5. The number of piperidine rings is 3. The van der Waals surface area contributed by atoms with E-state index in [0.717, 1.165) is 42.7 Å². The number of hydrogen-bond donors (Lipinski definition) is 3. The van der Waals surface area contributed by atoms with Crippen molar-refractivity contribution in [2.75, 3.05) is 44.6 Å². The Bertz CT molecular complexity index is 1370. The maximum atomic E-state index is 13.9. The standard InChI is InChI=1S/C35H47N7O4/c43-32(40-19-15-29(16-20-40)42-25-27-11-5-6-12-30(27)38-35(42)46)23-31(37-34(45)36-24-26-9-3-1-4-10-26)33(44)41-21-13-28(14-22-41)39-17-7-2-8-18-39/h1,3-6,9-12,28-29,31H,2,7-8,13-25H2,(H,38,46)(H2,36,37,45)/t31-/m0/s1. The minimum Gasteiger partial charge on any atom is -0.342 e. The summed E-state index contributed by atoms with van der Waals surface area (Å²) in [5.41, 5.74) is 2.88. The molecule has 11 heteroatoms. The average Bonchev–Trinajstić information content (AvgIpc) is 3.11. The SMILES string of the molecule is O=C(NCc1ccccc1)N[C@@H](CC(=O)N1CCC(N2Cc3ccccc3NC2=O)CC1)C(=O)N1CCC(N2CCCCC2)CC1. The smallest absolute Gasteiger partial charge is 0.322 e. The molecule has 0 aromatic heterocycles. The summed E-state index contributed by atoms with van der Waals surface area (Å²) in [6.45, 7) is 5.39. The first-order valence-electron chi connectivity index (χ1n) is 17.0. The van der Waals surface area contributed by atoms with Gasteiger partial charge in [0.2, 0.25) is 11.8 Å². The van der Waals surface area contributed by atoms with Crippen molar-refractivity contribution in [2.45, 2.75) is 82.6 Å². The summed E-state index contributed by atoms with van der Waals surface area (Å²) >= 11 is 0. The Morgan fingerprint density at radius 3 is 2.17 bits per heavy atom. The first kappa shape index (κ1) is 31.8. The van der Waals surface area contributed by atoms with Gasteiger partial charge in [-0.15, -0.1) is 0 Å². The van der Waals surface area contributed by atoms with E-state index in [4.69, 9.17) is 0 Å². The van der Waals surface area contributed by atoms with Crippen LogP contribution in [0.25, 0.3) is 0 Å². The summed E-state index contributed by atoms with van der Waals surface area (Å²) in [7, 11) is 0. The van der Waals surface area contributed by atoms with Gasteiger partial charge in [0.05, 0.1) is 6.42 Å². The van der Waals surface area contributed by atoms with E-state index in [1.165, 1.54) is 19.3 Å². The highest BCUT2D eigenvalue weighted by Crippen LogP contribution is 2.28. The molecule has 4 aliphatic rings. The lowest BCUT2D eigenvalue weighted by molar-refractivity contribution is -0.140. The van der Waals surface area contributed by atoms with Crippen LogP contribution in [0.5, 0.6) is 0 Å². The van der Waals surface area contributed by atoms with Gasteiger partial charge < -0.3 is 35.6 Å². The van der Waals surface area contributed by atoms with Crippen LogP contribution in [-0.4, -0.2) is 101 Å². The third-order valence-corrected chi connectivity index (χ3v) is 10.1. The number of urea groups is 2. The Labute approximate surface area is 271 Å². The molecule has 0 spiro atoms. The molecular formula is C35H47N7O4. The lowest BCUT2D eigenvalue weighted by atomic mass is 9.98. The van der Waals surface area contributed by atoms with Crippen LogP contribution in [0.3, 0.4) is 0 Å². The number of amides is 6.